The Morgan fingerprint density at radius 3 is 2.35 bits per heavy atom. The first-order chi connectivity index (χ1) is 14.8. The molecule has 1 aliphatic carbocycles. The molecule has 1 aromatic rings. The third kappa shape index (κ3) is 5.10. The average molecular weight is 447 g/mol. The quantitative estimate of drug-likeness (QED) is 0.661. The van der Waals surface area contributed by atoms with Crippen molar-refractivity contribution in [3.05, 3.63) is 24.0 Å². The zero-order valence-corrected chi connectivity index (χ0v) is 19.5. The number of rotatable bonds is 4. The van der Waals surface area contributed by atoms with E-state index in [-0.39, 0.29) is 22.6 Å². The summed E-state index contributed by atoms with van der Waals surface area (Å²) in [4.78, 5) is 26.5. The Labute approximate surface area is 185 Å². The summed E-state index contributed by atoms with van der Waals surface area (Å²) in [5.41, 5.74) is 0.638. The van der Waals surface area contributed by atoms with Gasteiger partial charge in [0.15, 0.2) is 9.84 Å². The van der Waals surface area contributed by atoms with Gasteiger partial charge in [-0.2, -0.15) is 0 Å². The van der Waals surface area contributed by atoms with Gasteiger partial charge < -0.3 is 9.80 Å². The predicted octanol–water partition coefficient (Wildman–Crippen LogP) is 3.18. The molecular formula is C23H34N4O3S. The molecule has 0 radical (unpaired) electrons. The molecule has 3 aliphatic rings. The Balaban J connectivity index is 1.50. The molecule has 0 bridgehead atoms. The summed E-state index contributed by atoms with van der Waals surface area (Å²) in [5, 5.41) is 0. The Bertz CT molecular complexity index is 930. The topological polar surface area (TPSA) is 83.5 Å². The third-order valence-corrected chi connectivity index (χ3v) is 8.16. The van der Waals surface area contributed by atoms with Crippen LogP contribution in [-0.2, 0) is 14.6 Å². The van der Waals surface area contributed by atoms with Crippen molar-refractivity contribution in [3.8, 4) is 0 Å². The molecule has 2 fully saturated rings. The van der Waals surface area contributed by atoms with Gasteiger partial charge in [0.1, 0.15) is 4.90 Å². The van der Waals surface area contributed by atoms with Crippen LogP contribution < -0.4 is 4.90 Å². The SMILES string of the molecule is CC1CCN(c2ncc(S(C)(=O)=O)c(C3CCN(C(=O)[C@H]4CC=CCC4)CC3)n2)CC1. The van der Waals surface area contributed by atoms with Crippen molar-refractivity contribution in [2.45, 2.75) is 62.7 Å². The summed E-state index contributed by atoms with van der Waals surface area (Å²) in [6.07, 6.45) is 13.4. The smallest absolute Gasteiger partial charge is 0.226 e. The molecule has 31 heavy (non-hydrogen) atoms. The normalized spacial score (nSPS) is 23.9. The summed E-state index contributed by atoms with van der Waals surface area (Å²) >= 11 is 0. The van der Waals surface area contributed by atoms with Crippen molar-refractivity contribution in [2.75, 3.05) is 37.3 Å². The summed E-state index contributed by atoms with van der Waals surface area (Å²) in [5.74, 6) is 1.72. The van der Waals surface area contributed by atoms with E-state index in [9.17, 15) is 13.2 Å². The first kappa shape index (κ1) is 22.2. The molecule has 2 aliphatic heterocycles. The molecule has 0 unspecified atom stereocenters. The van der Waals surface area contributed by atoms with Crippen LogP contribution in [0.2, 0.25) is 0 Å². The molecule has 1 aromatic heterocycles. The van der Waals surface area contributed by atoms with E-state index in [0.717, 1.165) is 58.0 Å². The highest BCUT2D eigenvalue weighted by molar-refractivity contribution is 7.90. The van der Waals surface area contributed by atoms with Gasteiger partial charge in [-0.25, -0.2) is 18.4 Å². The molecule has 0 N–H and O–H groups in total. The van der Waals surface area contributed by atoms with Gasteiger partial charge in [0.25, 0.3) is 0 Å². The van der Waals surface area contributed by atoms with E-state index in [1.54, 1.807) is 0 Å². The van der Waals surface area contributed by atoms with Gasteiger partial charge in [0.2, 0.25) is 11.9 Å². The fourth-order valence-electron chi connectivity index (χ4n) is 4.96. The average Bonchev–Trinajstić information content (AvgIpc) is 2.79. The lowest BCUT2D eigenvalue weighted by atomic mass is 9.89. The number of carbonyl (C=O) groups is 1. The molecule has 2 saturated heterocycles. The second-order valence-corrected chi connectivity index (χ2v) is 11.4. The van der Waals surface area contributed by atoms with Crippen LogP contribution >= 0.6 is 0 Å². The van der Waals surface area contributed by atoms with Crippen LogP contribution in [0.15, 0.2) is 23.2 Å². The van der Waals surface area contributed by atoms with Crippen molar-refractivity contribution in [1.29, 1.82) is 0 Å². The highest BCUT2D eigenvalue weighted by Gasteiger charge is 2.32. The second-order valence-electron chi connectivity index (χ2n) is 9.44. The number of aromatic nitrogens is 2. The van der Waals surface area contributed by atoms with Crippen molar-refractivity contribution in [3.63, 3.8) is 0 Å². The Kier molecular flexibility index (Phi) is 6.65. The fourth-order valence-corrected chi connectivity index (χ4v) is 5.80. The number of nitrogens with zero attached hydrogens (tertiary/aromatic N) is 4. The van der Waals surface area contributed by atoms with Crippen LogP contribution in [0.5, 0.6) is 0 Å². The molecule has 0 spiro atoms. The second kappa shape index (κ2) is 9.27. The Hall–Kier alpha value is -1.96. The number of likely N-dealkylation sites (tertiary alicyclic amines) is 1. The van der Waals surface area contributed by atoms with Gasteiger partial charge in [-0.3, -0.25) is 4.79 Å². The maximum absolute atomic E-state index is 12.9. The first-order valence-electron chi connectivity index (χ1n) is 11.6. The van der Waals surface area contributed by atoms with E-state index in [1.807, 2.05) is 4.90 Å². The Morgan fingerprint density at radius 1 is 1.03 bits per heavy atom. The number of piperidine rings is 2. The van der Waals surface area contributed by atoms with Gasteiger partial charge in [0.05, 0.1) is 11.9 Å². The van der Waals surface area contributed by atoms with Crippen LogP contribution in [0, 0.1) is 11.8 Å². The van der Waals surface area contributed by atoms with E-state index in [4.69, 9.17) is 4.98 Å². The van der Waals surface area contributed by atoms with E-state index < -0.39 is 9.84 Å². The monoisotopic (exact) mass is 446 g/mol. The minimum atomic E-state index is -3.42. The minimum Gasteiger partial charge on any atom is -0.342 e. The molecule has 0 aromatic carbocycles. The van der Waals surface area contributed by atoms with Gasteiger partial charge in [0, 0.05) is 44.3 Å². The van der Waals surface area contributed by atoms with Crippen molar-refractivity contribution in [2.24, 2.45) is 11.8 Å². The molecule has 170 valence electrons. The maximum atomic E-state index is 12.9. The largest absolute Gasteiger partial charge is 0.342 e. The molecule has 1 atom stereocenters. The Morgan fingerprint density at radius 2 is 1.74 bits per heavy atom. The zero-order valence-electron chi connectivity index (χ0n) is 18.7. The number of anilines is 1. The number of hydrogen-bond donors (Lipinski definition) is 0. The molecule has 4 rings (SSSR count). The number of hydrogen-bond acceptors (Lipinski definition) is 6. The zero-order chi connectivity index (χ0) is 22.0. The number of allylic oxidation sites excluding steroid dienone is 2. The lowest BCUT2D eigenvalue weighted by molar-refractivity contribution is -0.136. The predicted molar refractivity (Wildman–Crippen MR) is 121 cm³/mol. The van der Waals surface area contributed by atoms with E-state index in [0.29, 0.717) is 30.6 Å². The third-order valence-electron chi connectivity index (χ3n) is 7.05. The standard InChI is InChI=1S/C23H34N4O3S/c1-17-8-12-27(13-9-17)23-24-16-20(31(2,29)30)21(25-23)18-10-14-26(15-11-18)22(28)19-6-4-3-5-7-19/h3-4,16-19H,5-15H2,1-2H3/t19-/m0/s1. The fraction of sp³-hybridized carbons (Fsp3) is 0.696. The van der Waals surface area contributed by atoms with Crippen LogP contribution in [0.1, 0.15) is 63.5 Å². The molecular weight excluding hydrogens is 412 g/mol. The number of amides is 1. The maximum Gasteiger partial charge on any atom is 0.226 e. The molecule has 8 heteroatoms. The first-order valence-corrected chi connectivity index (χ1v) is 13.5. The molecule has 3 heterocycles. The van der Waals surface area contributed by atoms with Crippen LogP contribution in [0.4, 0.5) is 5.95 Å². The summed E-state index contributed by atoms with van der Waals surface area (Å²) < 4.78 is 24.9. The van der Waals surface area contributed by atoms with E-state index >= 15 is 0 Å². The van der Waals surface area contributed by atoms with Crippen molar-refractivity contribution >= 4 is 21.7 Å². The lowest BCUT2D eigenvalue weighted by Gasteiger charge is -2.35. The lowest BCUT2D eigenvalue weighted by Crippen LogP contribution is -2.42. The van der Waals surface area contributed by atoms with Gasteiger partial charge in [-0.1, -0.05) is 19.1 Å². The van der Waals surface area contributed by atoms with Crippen LogP contribution in [0.3, 0.4) is 0 Å². The van der Waals surface area contributed by atoms with Crippen molar-refractivity contribution in [1.82, 2.24) is 14.9 Å². The van der Waals surface area contributed by atoms with Gasteiger partial charge in [-0.15, -0.1) is 0 Å². The van der Waals surface area contributed by atoms with E-state index in [2.05, 4.69) is 29.0 Å². The highest BCUT2D eigenvalue weighted by Crippen LogP contribution is 2.33. The van der Waals surface area contributed by atoms with Crippen LogP contribution in [-0.4, -0.2) is 61.6 Å². The summed E-state index contributed by atoms with van der Waals surface area (Å²) in [7, 11) is -3.42. The van der Waals surface area contributed by atoms with Crippen LogP contribution in [0.25, 0.3) is 0 Å². The van der Waals surface area contributed by atoms with Crippen molar-refractivity contribution < 1.29 is 13.2 Å². The van der Waals surface area contributed by atoms with Gasteiger partial charge >= 0.3 is 0 Å². The highest BCUT2D eigenvalue weighted by atomic mass is 32.2. The molecule has 7 nitrogen and oxygen atoms in total. The van der Waals surface area contributed by atoms with E-state index in [1.165, 1.54) is 12.5 Å². The minimum absolute atomic E-state index is 0.0329. The summed E-state index contributed by atoms with van der Waals surface area (Å²) in [6.45, 7) is 5.39. The number of sulfone groups is 1. The summed E-state index contributed by atoms with van der Waals surface area (Å²) in [6, 6.07) is 0. The molecule has 0 saturated carbocycles. The van der Waals surface area contributed by atoms with Gasteiger partial charge in [-0.05, 0) is 50.9 Å². The number of carbonyl (C=O) groups excluding carboxylic acids is 1. The molecule has 1 amide bonds.